The highest BCUT2D eigenvalue weighted by molar-refractivity contribution is 6.52. The normalized spacial score (nSPS) is 13.7. The number of ketones is 1. The Kier molecular flexibility index (Phi) is 3.29. The van der Waals surface area contributed by atoms with Gasteiger partial charge in [0.25, 0.3) is 11.7 Å². The molecule has 21 heavy (non-hydrogen) atoms. The maximum atomic E-state index is 12.2. The lowest BCUT2D eigenvalue weighted by molar-refractivity contribution is -0.114. The minimum absolute atomic E-state index is 0.400. The minimum Gasteiger partial charge on any atom is -0.304 e. The number of carbonyl (C=O) groups excluding carboxylic acids is 2. The highest BCUT2D eigenvalue weighted by atomic mass is 16.2. The zero-order valence-electron chi connectivity index (χ0n) is 12.1. The number of benzene rings is 1. The molecule has 0 atom stereocenters. The third-order valence-corrected chi connectivity index (χ3v) is 3.73. The summed E-state index contributed by atoms with van der Waals surface area (Å²) < 4.78 is 0. The van der Waals surface area contributed by atoms with E-state index in [0.717, 1.165) is 22.5 Å². The van der Waals surface area contributed by atoms with Crippen molar-refractivity contribution in [3.8, 4) is 0 Å². The lowest BCUT2D eigenvalue weighted by atomic mass is 10.0. The third-order valence-electron chi connectivity index (χ3n) is 3.73. The van der Waals surface area contributed by atoms with E-state index >= 15 is 0 Å². The Balaban J connectivity index is 1.91. The molecule has 0 radical (unpaired) electrons. The lowest BCUT2D eigenvalue weighted by Crippen LogP contribution is -2.31. The molecule has 4 nitrogen and oxygen atoms in total. The van der Waals surface area contributed by atoms with Gasteiger partial charge in [0.15, 0.2) is 0 Å². The van der Waals surface area contributed by atoms with E-state index in [1.807, 2.05) is 44.2 Å². The van der Waals surface area contributed by atoms with Crippen molar-refractivity contribution in [1.29, 1.82) is 0 Å². The van der Waals surface area contributed by atoms with Crippen molar-refractivity contribution >= 4 is 17.4 Å². The van der Waals surface area contributed by atoms with Crippen LogP contribution in [0.25, 0.3) is 0 Å². The number of rotatable bonds is 3. The second kappa shape index (κ2) is 5.13. The molecule has 0 saturated carbocycles. The Bertz CT molecular complexity index is 723. The average molecular weight is 280 g/mol. The van der Waals surface area contributed by atoms with Crippen LogP contribution in [-0.4, -0.2) is 23.2 Å². The predicted molar refractivity (Wildman–Crippen MR) is 80.5 cm³/mol. The molecule has 4 heteroatoms. The van der Waals surface area contributed by atoms with Gasteiger partial charge in [0.2, 0.25) is 0 Å². The molecular formula is C17H16N2O2. The largest absolute Gasteiger partial charge is 0.304 e. The maximum Gasteiger partial charge on any atom is 0.299 e. The van der Waals surface area contributed by atoms with Gasteiger partial charge in [-0.05, 0) is 43.2 Å². The van der Waals surface area contributed by atoms with Gasteiger partial charge in [-0.15, -0.1) is 0 Å². The summed E-state index contributed by atoms with van der Waals surface area (Å²) in [5.41, 5.74) is 4.11. The van der Waals surface area contributed by atoms with Gasteiger partial charge in [0.1, 0.15) is 0 Å². The summed E-state index contributed by atoms with van der Waals surface area (Å²) in [5.74, 6) is -0.835. The van der Waals surface area contributed by atoms with Gasteiger partial charge < -0.3 is 4.90 Å². The fourth-order valence-electron chi connectivity index (χ4n) is 2.79. The molecule has 0 N–H and O–H groups in total. The van der Waals surface area contributed by atoms with E-state index in [2.05, 4.69) is 4.98 Å². The molecule has 1 aliphatic heterocycles. The zero-order chi connectivity index (χ0) is 15.0. The molecule has 0 aliphatic carbocycles. The van der Waals surface area contributed by atoms with Crippen molar-refractivity contribution in [2.75, 3.05) is 11.4 Å². The second-order valence-corrected chi connectivity index (χ2v) is 5.33. The fraction of sp³-hybridized carbons (Fsp3) is 0.235. The molecule has 106 valence electrons. The standard InChI is InChI=1S/C17H16N2O2/c1-11-9-12(2)15-14(10-11)19(17(21)16(15)20)8-6-13-5-3-4-7-18-13/h3-5,7,9-10H,6,8H2,1-2H3. The topological polar surface area (TPSA) is 50.3 Å². The Labute approximate surface area is 123 Å². The van der Waals surface area contributed by atoms with Gasteiger partial charge in [-0.1, -0.05) is 12.1 Å². The van der Waals surface area contributed by atoms with Crippen molar-refractivity contribution in [1.82, 2.24) is 4.98 Å². The highest BCUT2D eigenvalue weighted by Crippen LogP contribution is 2.32. The maximum absolute atomic E-state index is 12.2. The van der Waals surface area contributed by atoms with Crippen LogP contribution in [-0.2, 0) is 11.2 Å². The van der Waals surface area contributed by atoms with Crippen LogP contribution in [0, 0.1) is 13.8 Å². The lowest BCUT2D eigenvalue weighted by Gasteiger charge is -2.17. The first-order chi connectivity index (χ1) is 10.1. The summed E-state index contributed by atoms with van der Waals surface area (Å²) in [6.45, 7) is 4.31. The van der Waals surface area contributed by atoms with Gasteiger partial charge in [-0.2, -0.15) is 0 Å². The molecule has 1 amide bonds. The Morgan fingerprint density at radius 1 is 1.14 bits per heavy atom. The van der Waals surface area contributed by atoms with Crippen molar-refractivity contribution in [3.63, 3.8) is 0 Å². The van der Waals surface area contributed by atoms with Gasteiger partial charge in [-0.3, -0.25) is 14.6 Å². The summed E-state index contributed by atoms with van der Waals surface area (Å²) in [4.78, 5) is 30.2. The summed E-state index contributed by atoms with van der Waals surface area (Å²) >= 11 is 0. The number of fused-ring (bicyclic) bond motifs is 1. The van der Waals surface area contributed by atoms with E-state index in [0.29, 0.717) is 18.5 Å². The van der Waals surface area contributed by atoms with E-state index < -0.39 is 11.7 Å². The molecule has 1 aliphatic rings. The number of hydrogen-bond donors (Lipinski definition) is 0. The van der Waals surface area contributed by atoms with Gasteiger partial charge in [-0.25, -0.2) is 0 Å². The van der Waals surface area contributed by atoms with Crippen LogP contribution in [0.5, 0.6) is 0 Å². The average Bonchev–Trinajstić information content (AvgIpc) is 2.70. The monoisotopic (exact) mass is 280 g/mol. The van der Waals surface area contributed by atoms with Crippen molar-refractivity contribution < 1.29 is 9.59 Å². The molecule has 1 aromatic carbocycles. The first-order valence-corrected chi connectivity index (χ1v) is 6.95. The third kappa shape index (κ3) is 2.33. The molecule has 0 bridgehead atoms. The highest BCUT2D eigenvalue weighted by Gasteiger charge is 2.36. The van der Waals surface area contributed by atoms with E-state index in [4.69, 9.17) is 0 Å². The molecule has 0 fully saturated rings. The number of Topliss-reactive ketones (excluding diaryl/α,β-unsaturated/α-hetero) is 1. The van der Waals surface area contributed by atoms with E-state index in [-0.39, 0.29) is 0 Å². The van der Waals surface area contributed by atoms with Gasteiger partial charge in [0.05, 0.1) is 11.3 Å². The van der Waals surface area contributed by atoms with Crippen LogP contribution < -0.4 is 4.90 Å². The molecule has 0 unspecified atom stereocenters. The number of anilines is 1. The number of amides is 1. The van der Waals surface area contributed by atoms with Crippen LogP contribution in [0.15, 0.2) is 36.5 Å². The predicted octanol–water partition coefficient (Wildman–Crippen LogP) is 2.47. The molecule has 2 heterocycles. The SMILES string of the molecule is Cc1cc(C)c2c(c1)N(CCc1ccccn1)C(=O)C2=O. The summed E-state index contributed by atoms with van der Waals surface area (Å²) in [5, 5.41) is 0. The molecule has 0 spiro atoms. The second-order valence-electron chi connectivity index (χ2n) is 5.33. The molecule has 3 rings (SSSR count). The van der Waals surface area contributed by atoms with Crippen molar-refractivity contribution in [2.45, 2.75) is 20.3 Å². The molecule has 0 saturated heterocycles. The van der Waals surface area contributed by atoms with Crippen LogP contribution >= 0.6 is 0 Å². The number of hydrogen-bond acceptors (Lipinski definition) is 3. The van der Waals surface area contributed by atoms with Gasteiger partial charge >= 0.3 is 0 Å². The smallest absolute Gasteiger partial charge is 0.299 e. The van der Waals surface area contributed by atoms with Crippen molar-refractivity contribution in [2.24, 2.45) is 0 Å². The minimum atomic E-state index is -0.436. The molecule has 2 aromatic rings. The van der Waals surface area contributed by atoms with Gasteiger partial charge in [0, 0.05) is 24.9 Å². The van der Waals surface area contributed by atoms with E-state index in [9.17, 15) is 9.59 Å². The van der Waals surface area contributed by atoms with Crippen LogP contribution in [0.2, 0.25) is 0 Å². The molecular weight excluding hydrogens is 264 g/mol. The zero-order valence-corrected chi connectivity index (χ0v) is 12.1. The Morgan fingerprint density at radius 2 is 1.95 bits per heavy atom. The summed E-state index contributed by atoms with van der Waals surface area (Å²) in [6.07, 6.45) is 2.36. The Hall–Kier alpha value is -2.49. The number of aryl methyl sites for hydroxylation is 2. The summed E-state index contributed by atoms with van der Waals surface area (Å²) in [7, 11) is 0. The van der Waals surface area contributed by atoms with Crippen LogP contribution in [0.3, 0.4) is 0 Å². The first kappa shape index (κ1) is 13.5. The number of carbonyl (C=O) groups is 2. The number of aromatic nitrogens is 1. The fourth-order valence-corrected chi connectivity index (χ4v) is 2.79. The Morgan fingerprint density at radius 3 is 2.67 bits per heavy atom. The van der Waals surface area contributed by atoms with E-state index in [1.165, 1.54) is 0 Å². The number of nitrogens with zero attached hydrogens (tertiary/aromatic N) is 2. The van der Waals surface area contributed by atoms with E-state index in [1.54, 1.807) is 11.1 Å². The summed E-state index contributed by atoms with van der Waals surface area (Å²) in [6, 6.07) is 9.54. The van der Waals surface area contributed by atoms with Crippen LogP contribution in [0.4, 0.5) is 5.69 Å². The van der Waals surface area contributed by atoms with Crippen LogP contribution in [0.1, 0.15) is 27.2 Å². The quantitative estimate of drug-likeness (QED) is 0.812. The van der Waals surface area contributed by atoms with Crippen molar-refractivity contribution in [3.05, 3.63) is 58.9 Å². The number of pyridine rings is 1. The first-order valence-electron chi connectivity index (χ1n) is 6.95. The molecule has 1 aromatic heterocycles.